The molecule has 2 aromatic carbocycles. The Balaban J connectivity index is 1.72. The molecule has 5 rings (SSSR count). The molecule has 0 aliphatic carbocycles. The maximum absolute atomic E-state index is 12.1. The molecule has 0 saturated carbocycles. The van der Waals surface area contributed by atoms with Crippen molar-refractivity contribution in [3.05, 3.63) is 71.4 Å². The Labute approximate surface area is 163 Å². The monoisotopic (exact) mass is 369 g/mol. The van der Waals surface area contributed by atoms with Crippen molar-refractivity contribution < 1.29 is 14.1 Å². The molecule has 1 aliphatic rings. The molecule has 2 aromatic heterocycles. The fourth-order valence-corrected chi connectivity index (χ4v) is 4.17. The molecule has 28 heavy (non-hydrogen) atoms. The minimum atomic E-state index is -0.283. The van der Waals surface area contributed by atoms with Gasteiger partial charge in [0.2, 0.25) is 5.69 Å². The van der Waals surface area contributed by atoms with Crippen molar-refractivity contribution in [1.82, 2.24) is 4.98 Å². The number of aromatic nitrogens is 2. The summed E-state index contributed by atoms with van der Waals surface area (Å²) in [5, 5.41) is 3.49. The lowest BCUT2D eigenvalue weighted by Gasteiger charge is -2.18. The molecule has 0 spiro atoms. The van der Waals surface area contributed by atoms with Gasteiger partial charge in [-0.2, -0.15) is 4.57 Å². The second kappa shape index (κ2) is 6.41. The number of benzene rings is 2. The van der Waals surface area contributed by atoms with Gasteiger partial charge >= 0.3 is 5.97 Å². The van der Waals surface area contributed by atoms with Gasteiger partial charge in [-0.1, -0.05) is 18.2 Å². The van der Waals surface area contributed by atoms with Crippen molar-refractivity contribution in [2.45, 2.75) is 26.8 Å². The molecule has 1 aliphatic heterocycles. The van der Waals surface area contributed by atoms with E-state index in [4.69, 9.17) is 9.72 Å². The molecule has 0 atom stereocenters. The van der Waals surface area contributed by atoms with E-state index in [0.29, 0.717) is 12.2 Å². The van der Waals surface area contributed by atoms with Gasteiger partial charge in [-0.25, -0.2) is 9.78 Å². The van der Waals surface area contributed by atoms with E-state index in [-0.39, 0.29) is 5.97 Å². The van der Waals surface area contributed by atoms with Gasteiger partial charge in [0, 0.05) is 23.3 Å². The van der Waals surface area contributed by atoms with Gasteiger partial charge in [0.1, 0.15) is 5.69 Å². The number of pyridine rings is 2. The number of esters is 1. The average molecular weight is 369 g/mol. The lowest BCUT2D eigenvalue weighted by Crippen LogP contribution is -2.40. The summed E-state index contributed by atoms with van der Waals surface area (Å²) in [6.07, 6.45) is 3.16. The first-order chi connectivity index (χ1) is 13.7. The van der Waals surface area contributed by atoms with Crippen LogP contribution >= 0.6 is 0 Å². The zero-order chi connectivity index (χ0) is 19.3. The number of fused-ring (bicyclic) bond motifs is 5. The molecule has 0 saturated heterocycles. The zero-order valence-electron chi connectivity index (χ0n) is 16.0. The zero-order valence-corrected chi connectivity index (χ0v) is 16.0. The SMILES string of the molecule is CCOC(=O)c1ccc2nc3c(c(C)c2c1)CC[n+]1cc2ccccc2cc1-3. The Bertz CT molecular complexity index is 1260. The van der Waals surface area contributed by atoms with E-state index in [1.165, 1.54) is 21.9 Å². The Morgan fingerprint density at radius 2 is 1.96 bits per heavy atom. The Morgan fingerprint density at radius 3 is 2.79 bits per heavy atom. The van der Waals surface area contributed by atoms with Crippen molar-refractivity contribution in [2.24, 2.45) is 0 Å². The van der Waals surface area contributed by atoms with Crippen LogP contribution in [0.5, 0.6) is 0 Å². The van der Waals surface area contributed by atoms with Gasteiger partial charge in [-0.3, -0.25) is 0 Å². The summed E-state index contributed by atoms with van der Waals surface area (Å²) in [6, 6.07) is 16.3. The molecular weight excluding hydrogens is 348 g/mol. The Kier molecular flexibility index (Phi) is 3.86. The van der Waals surface area contributed by atoms with Gasteiger partial charge in [0.05, 0.1) is 17.7 Å². The van der Waals surface area contributed by atoms with E-state index in [1.54, 1.807) is 6.07 Å². The maximum Gasteiger partial charge on any atom is 0.338 e. The van der Waals surface area contributed by atoms with E-state index in [1.807, 2.05) is 19.1 Å². The van der Waals surface area contributed by atoms with Crippen LogP contribution in [0, 0.1) is 6.92 Å². The third-order valence-corrected chi connectivity index (χ3v) is 5.62. The second-order valence-corrected chi connectivity index (χ2v) is 7.25. The lowest BCUT2D eigenvalue weighted by molar-refractivity contribution is -0.686. The molecular formula is C24H21N2O2+. The predicted octanol–water partition coefficient (Wildman–Crippen LogP) is 4.38. The average Bonchev–Trinajstić information content (AvgIpc) is 2.72. The van der Waals surface area contributed by atoms with E-state index in [0.717, 1.165) is 35.3 Å². The van der Waals surface area contributed by atoms with Crippen LogP contribution in [0.15, 0.2) is 54.7 Å². The summed E-state index contributed by atoms with van der Waals surface area (Å²) < 4.78 is 7.46. The first kappa shape index (κ1) is 16.9. The van der Waals surface area contributed by atoms with Gasteiger partial charge in [0.25, 0.3) is 0 Å². The summed E-state index contributed by atoms with van der Waals surface area (Å²) in [5.41, 5.74) is 6.15. The summed E-state index contributed by atoms with van der Waals surface area (Å²) in [4.78, 5) is 17.1. The van der Waals surface area contributed by atoms with E-state index in [2.05, 4.69) is 48.0 Å². The molecule has 4 heteroatoms. The molecule has 4 aromatic rings. The van der Waals surface area contributed by atoms with Gasteiger partial charge in [0.15, 0.2) is 12.7 Å². The second-order valence-electron chi connectivity index (χ2n) is 7.25. The van der Waals surface area contributed by atoms with Crippen LogP contribution in [0.2, 0.25) is 0 Å². The normalized spacial score (nSPS) is 12.6. The number of ether oxygens (including phenoxy) is 1. The standard InChI is InChI=1S/C24H21N2O2/c1-3-28-24(27)17-8-9-21-20(12-17)15(2)19-10-11-26-14-18-7-5-4-6-16(18)13-22(26)23(19)25-21/h4-9,12-14H,3,10-11H2,1-2H3/q+1. The van der Waals surface area contributed by atoms with Crippen molar-refractivity contribution in [1.29, 1.82) is 0 Å². The molecule has 0 bridgehead atoms. The number of aryl methyl sites for hydroxylation is 2. The third kappa shape index (κ3) is 2.56. The summed E-state index contributed by atoms with van der Waals surface area (Å²) >= 11 is 0. The quantitative estimate of drug-likeness (QED) is 0.389. The van der Waals surface area contributed by atoms with Crippen LogP contribution in [0.4, 0.5) is 0 Å². The highest BCUT2D eigenvalue weighted by Crippen LogP contribution is 2.32. The number of carbonyl (C=O) groups excluding carboxylic acids is 1. The van der Waals surface area contributed by atoms with Crippen molar-refractivity contribution in [3.63, 3.8) is 0 Å². The molecule has 3 heterocycles. The molecule has 0 unspecified atom stereocenters. The molecule has 138 valence electrons. The van der Waals surface area contributed by atoms with Gasteiger partial charge in [-0.15, -0.1) is 0 Å². The molecule has 0 amide bonds. The maximum atomic E-state index is 12.1. The lowest BCUT2D eigenvalue weighted by atomic mass is 9.93. The number of rotatable bonds is 2. The number of hydrogen-bond donors (Lipinski definition) is 0. The summed E-state index contributed by atoms with van der Waals surface area (Å²) in [7, 11) is 0. The van der Waals surface area contributed by atoms with Crippen LogP contribution in [0.1, 0.15) is 28.4 Å². The van der Waals surface area contributed by atoms with Crippen LogP contribution in [0.3, 0.4) is 0 Å². The highest BCUT2D eigenvalue weighted by molar-refractivity contribution is 5.96. The first-order valence-electron chi connectivity index (χ1n) is 9.68. The topological polar surface area (TPSA) is 43.1 Å². The minimum absolute atomic E-state index is 0.283. The Morgan fingerprint density at radius 1 is 1.14 bits per heavy atom. The van der Waals surface area contributed by atoms with Crippen molar-refractivity contribution >= 4 is 27.6 Å². The molecule has 0 fully saturated rings. The van der Waals surface area contributed by atoms with Gasteiger partial charge < -0.3 is 4.74 Å². The van der Waals surface area contributed by atoms with Crippen LogP contribution in [-0.2, 0) is 17.7 Å². The number of hydrogen-bond acceptors (Lipinski definition) is 3. The molecule has 0 N–H and O–H groups in total. The summed E-state index contributed by atoms with van der Waals surface area (Å²) in [5.74, 6) is -0.283. The fourth-order valence-electron chi connectivity index (χ4n) is 4.17. The van der Waals surface area contributed by atoms with Crippen LogP contribution in [0.25, 0.3) is 33.1 Å². The van der Waals surface area contributed by atoms with Crippen LogP contribution in [-0.4, -0.2) is 17.6 Å². The van der Waals surface area contributed by atoms with E-state index in [9.17, 15) is 4.79 Å². The van der Waals surface area contributed by atoms with E-state index >= 15 is 0 Å². The first-order valence-corrected chi connectivity index (χ1v) is 9.68. The largest absolute Gasteiger partial charge is 0.462 e. The number of carbonyl (C=O) groups is 1. The fraction of sp³-hybridized carbons (Fsp3) is 0.208. The van der Waals surface area contributed by atoms with Crippen molar-refractivity contribution in [2.75, 3.05) is 6.61 Å². The number of nitrogens with zero attached hydrogens (tertiary/aromatic N) is 2. The minimum Gasteiger partial charge on any atom is -0.462 e. The molecule has 0 radical (unpaired) electrons. The highest BCUT2D eigenvalue weighted by atomic mass is 16.5. The Hall–Kier alpha value is -3.27. The molecule has 4 nitrogen and oxygen atoms in total. The van der Waals surface area contributed by atoms with Gasteiger partial charge in [-0.05, 0) is 54.6 Å². The predicted molar refractivity (Wildman–Crippen MR) is 109 cm³/mol. The van der Waals surface area contributed by atoms with E-state index < -0.39 is 0 Å². The third-order valence-electron chi connectivity index (χ3n) is 5.62. The smallest absolute Gasteiger partial charge is 0.338 e. The van der Waals surface area contributed by atoms with Crippen molar-refractivity contribution in [3.8, 4) is 11.4 Å². The summed E-state index contributed by atoms with van der Waals surface area (Å²) in [6.45, 7) is 5.26. The highest BCUT2D eigenvalue weighted by Gasteiger charge is 2.27. The van der Waals surface area contributed by atoms with Crippen LogP contribution < -0.4 is 4.57 Å².